The minimum atomic E-state index is -0.732. The molecule has 0 saturated heterocycles. The maximum atomic E-state index is 11.9. The standard InChI is InChI=1S/C16H29NO4/c1-5-9-21-10-8-14(18)17-13-7-6-12(15(19)20)16(3,4)11(13)2/h11-13H,5-10H2,1-4H3,(H,17,18)(H,19,20). The van der Waals surface area contributed by atoms with Crippen LogP contribution in [-0.4, -0.2) is 36.2 Å². The Morgan fingerprint density at radius 2 is 1.95 bits per heavy atom. The molecule has 0 heterocycles. The largest absolute Gasteiger partial charge is 0.481 e. The van der Waals surface area contributed by atoms with Crippen molar-refractivity contribution < 1.29 is 19.4 Å². The molecular weight excluding hydrogens is 270 g/mol. The van der Waals surface area contributed by atoms with E-state index in [9.17, 15) is 14.7 Å². The van der Waals surface area contributed by atoms with Crippen molar-refractivity contribution in [2.24, 2.45) is 17.3 Å². The van der Waals surface area contributed by atoms with Gasteiger partial charge >= 0.3 is 5.97 Å². The summed E-state index contributed by atoms with van der Waals surface area (Å²) in [5.74, 6) is -0.946. The highest BCUT2D eigenvalue weighted by Gasteiger charge is 2.46. The summed E-state index contributed by atoms with van der Waals surface area (Å²) in [7, 11) is 0. The maximum Gasteiger partial charge on any atom is 0.307 e. The highest BCUT2D eigenvalue weighted by atomic mass is 16.5. The van der Waals surface area contributed by atoms with Crippen LogP contribution in [0.25, 0.3) is 0 Å². The zero-order chi connectivity index (χ0) is 16.0. The summed E-state index contributed by atoms with van der Waals surface area (Å²) >= 11 is 0. The monoisotopic (exact) mass is 299 g/mol. The third-order valence-electron chi connectivity index (χ3n) is 4.91. The summed E-state index contributed by atoms with van der Waals surface area (Å²) in [5.41, 5.74) is -0.319. The van der Waals surface area contributed by atoms with E-state index in [0.717, 1.165) is 12.8 Å². The van der Waals surface area contributed by atoms with E-state index in [0.29, 0.717) is 26.1 Å². The molecule has 3 unspecified atom stereocenters. The molecule has 0 aromatic heterocycles. The van der Waals surface area contributed by atoms with Gasteiger partial charge in [-0.2, -0.15) is 0 Å². The molecule has 1 aliphatic rings. The molecule has 5 heteroatoms. The summed E-state index contributed by atoms with van der Waals surface area (Å²) in [6.07, 6.45) is 2.66. The number of carbonyl (C=O) groups is 2. The number of hydrogen-bond acceptors (Lipinski definition) is 3. The third kappa shape index (κ3) is 4.70. The molecule has 122 valence electrons. The fourth-order valence-electron chi connectivity index (χ4n) is 3.13. The highest BCUT2D eigenvalue weighted by molar-refractivity contribution is 5.76. The van der Waals surface area contributed by atoms with Crippen LogP contribution in [0.4, 0.5) is 0 Å². The molecule has 1 fully saturated rings. The smallest absolute Gasteiger partial charge is 0.307 e. The van der Waals surface area contributed by atoms with Crippen molar-refractivity contribution >= 4 is 11.9 Å². The Labute approximate surface area is 127 Å². The van der Waals surface area contributed by atoms with Crippen molar-refractivity contribution in [2.45, 2.75) is 59.4 Å². The van der Waals surface area contributed by atoms with Crippen LogP contribution in [0.1, 0.15) is 53.4 Å². The van der Waals surface area contributed by atoms with Crippen LogP contribution in [0, 0.1) is 17.3 Å². The number of carboxylic acids is 1. The van der Waals surface area contributed by atoms with E-state index < -0.39 is 5.97 Å². The molecule has 0 bridgehead atoms. The number of amides is 1. The van der Waals surface area contributed by atoms with Crippen LogP contribution in [0.3, 0.4) is 0 Å². The summed E-state index contributed by atoms with van der Waals surface area (Å²) < 4.78 is 5.32. The Bertz CT molecular complexity index is 367. The third-order valence-corrected chi connectivity index (χ3v) is 4.91. The molecule has 1 amide bonds. The van der Waals surface area contributed by atoms with Gasteiger partial charge in [-0.05, 0) is 30.6 Å². The molecule has 0 radical (unpaired) electrons. The Kier molecular flexibility index (Phi) is 6.65. The van der Waals surface area contributed by atoms with Gasteiger partial charge in [-0.3, -0.25) is 9.59 Å². The normalized spacial score (nSPS) is 28.1. The van der Waals surface area contributed by atoms with Crippen LogP contribution in [-0.2, 0) is 14.3 Å². The average molecular weight is 299 g/mol. The molecule has 1 rings (SSSR count). The lowest BCUT2D eigenvalue weighted by Crippen LogP contribution is -2.52. The van der Waals surface area contributed by atoms with Crippen molar-refractivity contribution in [3.05, 3.63) is 0 Å². The van der Waals surface area contributed by atoms with Crippen molar-refractivity contribution in [1.29, 1.82) is 0 Å². The van der Waals surface area contributed by atoms with Crippen molar-refractivity contribution in [2.75, 3.05) is 13.2 Å². The van der Waals surface area contributed by atoms with Gasteiger partial charge in [-0.1, -0.05) is 27.7 Å². The van der Waals surface area contributed by atoms with Crippen molar-refractivity contribution in [3.63, 3.8) is 0 Å². The number of aliphatic carboxylic acids is 1. The van der Waals surface area contributed by atoms with Gasteiger partial charge < -0.3 is 15.2 Å². The predicted molar refractivity (Wildman–Crippen MR) is 81.0 cm³/mol. The highest BCUT2D eigenvalue weighted by Crippen LogP contribution is 2.45. The van der Waals surface area contributed by atoms with E-state index in [1.807, 2.05) is 27.7 Å². The maximum absolute atomic E-state index is 11.9. The fraction of sp³-hybridized carbons (Fsp3) is 0.875. The average Bonchev–Trinajstić information content (AvgIpc) is 2.40. The topological polar surface area (TPSA) is 75.6 Å². The Morgan fingerprint density at radius 3 is 2.52 bits per heavy atom. The second kappa shape index (κ2) is 7.78. The number of nitrogens with one attached hydrogen (secondary N) is 1. The van der Waals surface area contributed by atoms with Crippen molar-refractivity contribution in [3.8, 4) is 0 Å². The zero-order valence-electron chi connectivity index (χ0n) is 13.6. The molecule has 0 aromatic rings. The van der Waals surface area contributed by atoms with Crippen LogP contribution >= 0.6 is 0 Å². The first kappa shape index (κ1) is 18.0. The molecule has 2 N–H and O–H groups in total. The lowest BCUT2D eigenvalue weighted by atomic mass is 9.61. The second-order valence-corrected chi connectivity index (χ2v) is 6.61. The Morgan fingerprint density at radius 1 is 1.29 bits per heavy atom. The molecule has 0 aromatic carbocycles. The van der Waals surface area contributed by atoms with E-state index in [1.165, 1.54) is 0 Å². The van der Waals surface area contributed by atoms with Gasteiger partial charge in [0.15, 0.2) is 0 Å². The molecule has 21 heavy (non-hydrogen) atoms. The van der Waals surface area contributed by atoms with Crippen LogP contribution in [0.2, 0.25) is 0 Å². The summed E-state index contributed by atoms with van der Waals surface area (Å²) in [6, 6.07) is 0.0503. The first-order chi connectivity index (χ1) is 9.80. The van der Waals surface area contributed by atoms with Gasteiger partial charge in [0, 0.05) is 19.1 Å². The number of rotatable bonds is 7. The number of ether oxygens (including phenoxy) is 1. The predicted octanol–water partition coefficient (Wildman–Crippen LogP) is 2.44. The first-order valence-electron chi connectivity index (χ1n) is 7.90. The van der Waals surface area contributed by atoms with E-state index in [4.69, 9.17) is 4.74 Å². The lowest BCUT2D eigenvalue weighted by molar-refractivity contribution is -0.150. The molecule has 0 aliphatic heterocycles. The van der Waals surface area contributed by atoms with E-state index in [2.05, 4.69) is 5.32 Å². The lowest BCUT2D eigenvalue weighted by Gasteiger charge is -2.46. The Hall–Kier alpha value is -1.10. The molecule has 5 nitrogen and oxygen atoms in total. The first-order valence-corrected chi connectivity index (χ1v) is 7.90. The fourth-order valence-corrected chi connectivity index (χ4v) is 3.13. The van der Waals surface area contributed by atoms with Gasteiger partial charge in [0.1, 0.15) is 0 Å². The Balaban J connectivity index is 2.50. The minimum Gasteiger partial charge on any atom is -0.481 e. The quantitative estimate of drug-likeness (QED) is 0.708. The SMILES string of the molecule is CCCOCCC(=O)NC1CCC(C(=O)O)C(C)(C)C1C. The van der Waals surface area contributed by atoms with Gasteiger partial charge in [0.2, 0.25) is 5.91 Å². The molecular formula is C16H29NO4. The van der Waals surface area contributed by atoms with Crippen LogP contribution in [0.5, 0.6) is 0 Å². The van der Waals surface area contributed by atoms with Gasteiger partial charge in [0.05, 0.1) is 12.5 Å². The van der Waals surface area contributed by atoms with Crippen LogP contribution in [0.15, 0.2) is 0 Å². The van der Waals surface area contributed by atoms with Crippen LogP contribution < -0.4 is 5.32 Å². The number of carboxylic acid groups (broad SMARTS) is 1. The minimum absolute atomic E-state index is 0.00692. The van der Waals surface area contributed by atoms with E-state index >= 15 is 0 Å². The molecule has 1 aliphatic carbocycles. The molecule has 3 atom stereocenters. The van der Waals surface area contributed by atoms with Gasteiger partial charge in [0.25, 0.3) is 0 Å². The van der Waals surface area contributed by atoms with E-state index in [1.54, 1.807) is 0 Å². The number of carbonyl (C=O) groups excluding carboxylic acids is 1. The van der Waals surface area contributed by atoms with Gasteiger partial charge in [-0.25, -0.2) is 0 Å². The summed E-state index contributed by atoms with van der Waals surface area (Å²) in [5, 5.41) is 12.4. The molecule has 1 saturated carbocycles. The molecule has 0 spiro atoms. The van der Waals surface area contributed by atoms with Crippen molar-refractivity contribution in [1.82, 2.24) is 5.32 Å². The number of hydrogen-bond donors (Lipinski definition) is 2. The zero-order valence-corrected chi connectivity index (χ0v) is 13.6. The van der Waals surface area contributed by atoms with Gasteiger partial charge in [-0.15, -0.1) is 0 Å². The second-order valence-electron chi connectivity index (χ2n) is 6.61. The summed E-state index contributed by atoms with van der Waals surface area (Å²) in [6.45, 7) is 9.17. The summed E-state index contributed by atoms with van der Waals surface area (Å²) in [4.78, 5) is 23.3. The van der Waals surface area contributed by atoms with E-state index in [-0.39, 0.29) is 29.2 Å².